The first-order valence-corrected chi connectivity index (χ1v) is 6.54. The second-order valence-corrected chi connectivity index (χ2v) is 4.71. The van der Waals surface area contributed by atoms with Crippen LogP contribution >= 0.6 is 11.6 Å². The number of rotatable bonds is 3. The maximum Gasteiger partial charge on any atom is 0.168 e. The zero-order valence-electron chi connectivity index (χ0n) is 10.6. The van der Waals surface area contributed by atoms with Gasteiger partial charge in [-0.1, -0.05) is 29.8 Å². The molecule has 1 aromatic heterocycles. The largest absolute Gasteiger partial charge is 0.388 e. The molecule has 0 unspecified atom stereocenters. The third kappa shape index (κ3) is 2.31. The van der Waals surface area contributed by atoms with Crippen molar-refractivity contribution in [2.45, 2.75) is 6.61 Å². The topological polar surface area (TPSA) is 50.9 Å². The molecule has 0 fully saturated rings. The van der Waals surface area contributed by atoms with E-state index in [9.17, 15) is 5.11 Å². The molecule has 0 saturated heterocycles. The van der Waals surface area contributed by atoms with Crippen LogP contribution in [0.15, 0.2) is 54.6 Å². The minimum Gasteiger partial charge on any atom is -0.388 e. The highest BCUT2D eigenvalue weighted by molar-refractivity contribution is 6.30. The fourth-order valence-electron chi connectivity index (χ4n) is 2.05. The second kappa shape index (κ2) is 5.45. The van der Waals surface area contributed by atoms with Gasteiger partial charge in [0.1, 0.15) is 6.61 Å². The van der Waals surface area contributed by atoms with E-state index in [1.807, 2.05) is 47.0 Å². The fourth-order valence-corrected chi connectivity index (χ4v) is 2.18. The van der Waals surface area contributed by atoms with Crippen LogP contribution in [-0.4, -0.2) is 19.9 Å². The van der Waals surface area contributed by atoms with Gasteiger partial charge in [-0.3, -0.25) is 4.57 Å². The number of halogens is 1. The predicted molar refractivity (Wildman–Crippen MR) is 77.7 cm³/mol. The van der Waals surface area contributed by atoms with E-state index in [2.05, 4.69) is 10.2 Å². The Morgan fingerprint density at radius 2 is 1.65 bits per heavy atom. The smallest absolute Gasteiger partial charge is 0.168 e. The van der Waals surface area contributed by atoms with Crippen LogP contribution in [0, 0.1) is 0 Å². The zero-order chi connectivity index (χ0) is 13.9. The van der Waals surface area contributed by atoms with Crippen LogP contribution in [0.25, 0.3) is 17.1 Å². The Bertz CT molecular complexity index is 708. The van der Waals surface area contributed by atoms with Gasteiger partial charge in [-0.25, -0.2) is 0 Å². The van der Waals surface area contributed by atoms with Gasteiger partial charge in [0.25, 0.3) is 0 Å². The Morgan fingerprint density at radius 3 is 2.30 bits per heavy atom. The van der Waals surface area contributed by atoms with Gasteiger partial charge < -0.3 is 5.11 Å². The molecule has 2 aromatic carbocycles. The summed E-state index contributed by atoms with van der Waals surface area (Å²) >= 11 is 5.91. The maximum absolute atomic E-state index is 9.44. The van der Waals surface area contributed by atoms with Crippen molar-refractivity contribution in [1.82, 2.24) is 14.8 Å². The average molecular weight is 286 g/mol. The first-order chi connectivity index (χ1) is 9.79. The van der Waals surface area contributed by atoms with Gasteiger partial charge in [-0.2, -0.15) is 0 Å². The molecule has 0 aliphatic carbocycles. The summed E-state index contributed by atoms with van der Waals surface area (Å²) < 4.78 is 1.84. The SMILES string of the molecule is OCc1nnc(-c2ccc(Cl)cc2)n1-c1ccccc1. The molecule has 0 saturated carbocycles. The molecule has 0 aliphatic rings. The van der Waals surface area contributed by atoms with Crippen molar-refractivity contribution in [3.63, 3.8) is 0 Å². The molecule has 0 radical (unpaired) electrons. The molecule has 0 atom stereocenters. The standard InChI is InChI=1S/C15H12ClN3O/c16-12-8-6-11(7-9-12)15-18-17-14(10-20)19(15)13-4-2-1-3-5-13/h1-9,20H,10H2. The third-order valence-electron chi connectivity index (χ3n) is 2.99. The number of hydrogen-bond acceptors (Lipinski definition) is 3. The summed E-state index contributed by atoms with van der Waals surface area (Å²) in [5.41, 5.74) is 1.80. The summed E-state index contributed by atoms with van der Waals surface area (Å²) in [6, 6.07) is 17.1. The molecule has 3 rings (SSSR count). The monoisotopic (exact) mass is 285 g/mol. The number of aliphatic hydroxyl groups is 1. The van der Waals surface area contributed by atoms with Crippen molar-refractivity contribution in [2.75, 3.05) is 0 Å². The summed E-state index contributed by atoms with van der Waals surface area (Å²) in [6.45, 7) is -0.171. The summed E-state index contributed by atoms with van der Waals surface area (Å²) in [5.74, 6) is 1.18. The van der Waals surface area contributed by atoms with Crippen LogP contribution < -0.4 is 0 Å². The minimum atomic E-state index is -0.171. The highest BCUT2D eigenvalue weighted by Crippen LogP contribution is 2.24. The zero-order valence-corrected chi connectivity index (χ0v) is 11.3. The first kappa shape index (κ1) is 12.8. The summed E-state index contributed by atoms with van der Waals surface area (Å²) in [7, 11) is 0. The Kier molecular flexibility index (Phi) is 3.50. The normalized spacial score (nSPS) is 10.7. The quantitative estimate of drug-likeness (QED) is 0.804. The lowest BCUT2D eigenvalue weighted by Crippen LogP contribution is -2.02. The molecule has 1 heterocycles. The molecule has 100 valence electrons. The predicted octanol–water partition coefficient (Wildman–Crippen LogP) is 3.08. The molecule has 20 heavy (non-hydrogen) atoms. The number of para-hydroxylation sites is 1. The highest BCUT2D eigenvalue weighted by Gasteiger charge is 2.14. The van der Waals surface area contributed by atoms with Gasteiger partial charge >= 0.3 is 0 Å². The molecule has 5 heteroatoms. The Morgan fingerprint density at radius 1 is 0.950 bits per heavy atom. The Labute approximate surface area is 121 Å². The van der Waals surface area contributed by atoms with Crippen molar-refractivity contribution in [3.8, 4) is 17.1 Å². The maximum atomic E-state index is 9.44. The van der Waals surface area contributed by atoms with Crippen molar-refractivity contribution < 1.29 is 5.11 Å². The van der Waals surface area contributed by atoms with Crippen LogP contribution in [-0.2, 0) is 6.61 Å². The number of benzene rings is 2. The summed E-state index contributed by atoms with van der Waals surface area (Å²) in [6.07, 6.45) is 0. The fraction of sp³-hybridized carbons (Fsp3) is 0.0667. The average Bonchev–Trinajstić information content (AvgIpc) is 2.93. The van der Waals surface area contributed by atoms with E-state index in [0.717, 1.165) is 11.3 Å². The second-order valence-electron chi connectivity index (χ2n) is 4.28. The van der Waals surface area contributed by atoms with Gasteiger partial charge in [0.05, 0.1) is 0 Å². The molecule has 1 N–H and O–H groups in total. The number of aromatic nitrogens is 3. The molecular formula is C15H12ClN3O. The van der Waals surface area contributed by atoms with E-state index in [-0.39, 0.29) is 6.61 Å². The molecule has 0 amide bonds. The van der Waals surface area contributed by atoms with Crippen molar-refractivity contribution in [1.29, 1.82) is 0 Å². The van der Waals surface area contributed by atoms with Crippen LogP contribution in [0.4, 0.5) is 0 Å². The number of nitrogens with zero attached hydrogens (tertiary/aromatic N) is 3. The van der Waals surface area contributed by atoms with Gasteiger partial charge in [-0.05, 0) is 36.4 Å². The number of aliphatic hydroxyl groups excluding tert-OH is 1. The van der Waals surface area contributed by atoms with Gasteiger partial charge in [0, 0.05) is 16.3 Å². The van der Waals surface area contributed by atoms with E-state index in [0.29, 0.717) is 16.7 Å². The van der Waals surface area contributed by atoms with Gasteiger partial charge in [0.2, 0.25) is 0 Å². The van der Waals surface area contributed by atoms with Gasteiger partial charge in [-0.15, -0.1) is 10.2 Å². The molecular weight excluding hydrogens is 274 g/mol. The molecule has 0 bridgehead atoms. The lowest BCUT2D eigenvalue weighted by molar-refractivity contribution is 0.269. The third-order valence-corrected chi connectivity index (χ3v) is 3.24. The van der Waals surface area contributed by atoms with E-state index in [1.54, 1.807) is 12.1 Å². The van der Waals surface area contributed by atoms with Crippen molar-refractivity contribution >= 4 is 11.6 Å². The van der Waals surface area contributed by atoms with E-state index in [4.69, 9.17) is 11.6 Å². The Balaban J connectivity index is 2.17. The number of hydrogen-bond donors (Lipinski definition) is 1. The van der Waals surface area contributed by atoms with Crippen molar-refractivity contribution in [3.05, 3.63) is 65.4 Å². The van der Waals surface area contributed by atoms with Crippen LogP contribution in [0.3, 0.4) is 0 Å². The van der Waals surface area contributed by atoms with Gasteiger partial charge in [0.15, 0.2) is 11.6 Å². The van der Waals surface area contributed by atoms with E-state index >= 15 is 0 Å². The lowest BCUT2D eigenvalue weighted by Gasteiger charge is -2.09. The lowest BCUT2D eigenvalue weighted by atomic mass is 10.2. The minimum absolute atomic E-state index is 0.171. The van der Waals surface area contributed by atoms with Crippen LogP contribution in [0.2, 0.25) is 5.02 Å². The Hall–Kier alpha value is -2.17. The molecule has 0 spiro atoms. The molecule has 4 nitrogen and oxygen atoms in total. The molecule has 3 aromatic rings. The first-order valence-electron chi connectivity index (χ1n) is 6.16. The summed E-state index contributed by atoms with van der Waals surface area (Å²) in [4.78, 5) is 0. The van der Waals surface area contributed by atoms with E-state index < -0.39 is 0 Å². The van der Waals surface area contributed by atoms with E-state index in [1.165, 1.54) is 0 Å². The molecule has 0 aliphatic heterocycles. The summed E-state index contributed by atoms with van der Waals surface area (Å²) in [5, 5.41) is 18.3. The highest BCUT2D eigenvalue weighted by atomic mass is 35.5. The van der Waals surface area contributed by atoms with Crippen LogP contribution in [0.1, 0.15) is 5.82 Å². The van der Waals surface area contributed by atoms with Crippen LogP contribution in [0.5, 0.6) is 0 Å². The van der Waals surface area contributed by atoms with Crippen molar-refractivity contribution in [2.24, 2.45) is 0 Å².